The van der Waals surface area contributed by atoms with Crippen molar-refractivity contribution in [2.24, 2.45) is 28.4 Å². The fourth-order valence-corrected chi connectivity index (χ4v) is 3.31. The molecule has 0 aromatic heterocycles. The molecule has 1 rings (SSSR count). The molecule has 2 N–H and O–H groups in total. The second-order valence-electron chi connectivity index (χ2n) is 6.07. The van der Waals surface area contributed by atoms with Crippen LogP contribution in [-0.2, 0) is 0 Å². The van der Waals surface area contributed by atoms with Crippen LogP contribution >= 0.6 is 0 Å². The maximum atomic E-state index is 6.40. The fourth-order valence-electron chi connectivity index (χ4n) is 3.31. The summed E-state index contributed by atoms with van der Waals surface area (Å²) in [5, 5.41) is 0. The zero-order chi connectivity index (χ0) is 11.1. The van der Waals surface area contributed by atoms with E-state index in [1.54, 1.807) is 0 Å². The number of hydrogen-bond donors (Lipinski definition) is 1. The summed E-state index contributed by atoms with van der Waals surface area (Å²) in [6.45, 7) is 14.0. The van der Waals surface area contributed by atoms with E-state index < -0.39 is 0 Å². The Morgan fingerprint density at radius 2 is 1.36 bits per heavy atom. The molecule has 1 fully saturated rings. The minimum Gasteiger partial charge on any atom is -0.327 e. The third kappa shape index (κ3) is 1.50. The maximum Gasteiger partial charge on any atom is 0.0106 e. The van der Waals surface area contributed by atoms with Crippen LogP contribution in [0.2, 0.25) is 0 Å². The van der Waals surface area contributed by atoms with Crippen molar-refractivity contribution in [2.45, 2.75) is 60.4 Å². The molecule has 1 saturated carbocycles. The van der Waals surface area contributed by atoms with Crippen molar-refractivity contribution in [3.05, 3.63) is 0 Å². The second-order valence-corrected chi connectivity index (χ2v) is 6.07. The molecule has 0 bridgehead atoms. The average molecular weight is 197 g/mol. The highest BCUT2D eigenvalue weighted by molar-refractivity contribution is 5.16. The summed E-state index contributed by atoms with van der Waals surface area (Å²) in [7, 11) is 0. The molecule has 0 spiro atoms. The van der Waals surface area contributed by atoms with Gasteiger partial charge < -0.3 is 5.73 Å². The van der Waals surface area contributed by atoms with Gasteiger partial charge in [-0.3, -0.25) is 0 Å². The highest BCUT2D eigenvalue weighted by Crippen LogP contribution is 2.70. The van der Waals surface area contributed by atoms with Crippen LogP contribution in [-0.4, -0.2) is 6.04 Å². The minimum atomic E-state index is 0.398. The average Bonchev–Trinajstić information content (AvgIpc) is 2.44. The molecule has 0 radical (unpaired) electrons. The number of nitrogens with two attached hydrogens (primary N) is 1. The quantitative estimate of drug-likeness (QED) is 0.734. The van der Waals surface area contributed by atoms with Crippen LogP contribution < -0.4 is 5.73 Å². The Morgan fingerprint density at radius 3 is 1.57 bits per heavy atom. The molecule has 14 heavy (non-hydrogen) atoms. The van der Waals surface area contributed by atoms with E-state index in [4.69, 9.17) is 5.73 Å². The smallest absolute Gasteiger partial charge is 0.0106 e. The summed E-state index contributed by atoms with van der Waals surface area (Å²) in [4.78, 5) is 0. The lowest BCUT2D eigenvalue weighted by atomic mass is 9.88. The third-order valence-corrected chi connectivity index (χ3v) is 5.11. The molecule has 1 aliphatic rings. The van der Waals surface area contributed by atoms with E-state index in [2.05, 4.69) is 41.5 Å². The molecule has 0 heterocycles. The lowest BCUT2D eigenvalue weighted by Crippen LogP contribution is -2.34. The van der Waals surface area contributed by atoms with Gasteiger partial charge in [-0.1, -0.05) is 54.4 Å². The first kappa shape index (κ1) is 12.0. The SMILES string of the molecule is CCC(CC)C(N)C1C(C)(C)C1(C)C. The lowest BCUT2D eigenvalue weighted by Gasteiger charge is -2.23. The molecule has 0 aliphatic heterocycles. The Hall–Kier alpha value is -0.0400. The van der Waals surface area contributed by atoms with Crippen molar-refractivity contribution >= 4 is 0 Å². The molecule has 0 saturated heterocycles. The molecule has 1 nitrogen and oxygen atoms in total. The van der Waals surface area contributed by atoms with Gasteiger partial charge in [0.15, 0.2) is 0 Å². The van der Waals surface area contributed by atoms with Gasteiger partial charge in [-0.05, 0) is 22.7 Å². The lowest BCUT2D eigenvalue weighted by molar-refractivity contribution is 0.325. The first-order valence-electron chi connectivity index (χ1n) is 6.06. The van der Waals surface area contributed by atoms with Crippen LogP contribution in [0.5, 0.6) is 0 Å². The van der Waals surface area contributed by atoms with E-state index in [0.717, 1.165) is 0 Å². The maximum absolute atomic E-state index is 6.40. The largest absolute Gasteiger partial charge is 0.327 e. The summed E-state index contributed by atoms with van der Waals surface area (Å²) < 4.78 is 0. The van der Waals surface area contributed by atoms with Crippen LogP contribution in [0, 0.1) is 22.7 Å². The van der Waals surface area contributed by atoms with Crippen molar-refractivity contribution in [3.63, 3.8) is 0 Å². The molecule has 0 amide bonds. The van der Waals surface area contributed by atoms with Crippen molar-refractivity contribution in [1.82, 2.24) is 0 Å². The molecule has 1 aliphatic carbocycles. The van der Waals surface area contributed by atoms with Crippen molar-refractivity contribution < 1.29 is 0 Å². The Kier molecular flexibility index (Phi) is 3.02. The van der Waals surface area contributed by atoms with Gasteiger partial charge >= 0.3 is 0 Å². The van der Waals surface area contributed by atoms with Gasteiger partial charge in [0.1, 0.15) is 0 Å². The van der Waals surface area contributed by atoms with Gasteiger partial charge in [-0.2, -0.15) is 0 Å². The van der Waals surface area contributed by atoms with E-state index in [-0.39, 0.29) is 0 Å². The van der Waals surface area contributed by atoms with Crippen molar-refractivity contribution in [2.75, 3.05) is 0 Å². The molecule has 0 aromatic rings. The van der Waals surface area contributed by atoms with Crippen LogP contribution in [0.25, 0.3) is 0 Å². The summed E-state index contributed by atoms with van der Waals surface area (Å²) in [5.74, 6) is 1.42. The van der Waals surface area contributed by atoms with Crippen LogP contribution in [0.3, 0.4) is 0 Å². The molecule has 1 atom stereocenters. The topological polar surface area (TPSA) is 26.0 Å². The van der Waals surface area contributed by atoms with Crippen LogP contribution in [0.1, 0.15) is 54.4 Å². The van der Waals surface area contributed by atoms with E-state index in [9.17, 15) is 0 Å². The Labute approximate surface area is 89.5 Å². The van der Waals surface area contributed by atoms with E-state index in [1.807, 2.05) is 0 Å². The summed E-state index contributed by atoms with van der Waals surface area (Å²) in [6, 6.07) is 0.398. The monoisotopic (exact) mass is 197 g/mol. The Balaban J connectivity index is 2.69. The van der Waals surface area contributed by atoms with Gasteiger partial charge in [0.2, 0.25) is 0 Å². The standard InChI is InChI=1S/C13H27N/c1-7-9(8-2)10(14)11-12(3,4)13(11,5)6/h9-11H,7-8,14H2,1-6H3. The van der Waals surface area contributed by atoms with Crippen LogP contribution in [0.4, 0.5) is 0 Å². The summed E-state index contributed by atoms with van der Waals surface area (Å²) in [6.07, 6.45) is 2.45. The zero-order valence-electron chi connectivity index (χ0n) is 10.7. The normalized spacial score (nSPS) is 26.6. The number of rotatable bonds is 4. The van der Waals surface area contributed by atoms with Gasteiger partial charge in [0.25, 0.3) is 0 Å². The molecular weight excluding hydrogens is 170 g/mol. The summed E-state index contributed by atoms with van der Waals surface area (Å²) in [5.41, 5.74) is 7.27. The predicted molar refractivity (Wildman–Crippen MR) is 63.1 cm³/mol. The minimum absolute atomic E-state index is 0.398. The molecule has 1 heteroatoms. The third-order valence-electron chi connectivity index (χ3n) is 5.11. The van der Waals surface area contributed by atoms with Crippen molar-refractivity contribution in [3.8, 4) is 0 Å². The van der Waals surface area contributed by atoms with Gasteiger partial charge in [-0.25, -0.2) is 0 Å². The van der Waals surface area contributed by atoms with E-state index >= 15 is 0 Å². The molecule has 0 aromatic carbocycles. The molecule has 1 unspecified atom stereocenters. The zero-order valence-corrected chi connectivity index (χ0v) is 10.7. The highest BCUT2D eigenvalue weighted by atomic mass is 14.8. The Morgan fingerprint density at radius 1 is 1.00 bits per heavy atom. The predicted octanol–water partition coefficient (Wildman–Crippen LogP) is 3.43. The first-order chi connectivity index (χ1) is 6.30. The molecular formula is C13H27N. The second kappa shape index (κ2) is 3.52. The fraction of sp³-hybridized carbons (Fsp3) is 1.00. The highest BCUT2D eigenvalue weighted by Gasteiger charge is 2.66. The number of hydrogen-bond acceptors (Lipinski definition) is 1. The Bertz CT molecular complexity index is 187. The van der Waals surface area contributed by atoms with E-state index in [0.29, 0.717) is 28.7 Å². The van der Waals surface area contributed by atoms with Crippen LogP contribution in [0.15, 0.2) is 0 Å². The summed E-state index contributed by atoms with van der Waals surface area (Å²) >= 11 is 0. The first-order valence-corrected chi connectivity index (χ1v) is 6.06. The van der Waals surface area contributed by atoms with E-state index in [1.165, 1.54) is 12.8 Å². The van der Waals surface area contributed by atoms with Gasteiger partial charge in [0, 0.05) is 6.04 Å². The molecule has 84 valence electrons. The van der Waals surface area contributed by atoms with Crippen molar-refractivity contribution in [1.29, 1.82) is 0 Å². The van der Waals surface area contributed by atoms with Gasteiger partial charge in [-0.15, -0.1) is 0 Å². The van der Waals surface area contributed by atoms with Gasteiger partial charge in [0.05, 0.1) is 0 Å².